The summed E-state index contributed by atoms with van der Waals surface area (Å²) >= 11 is 0. The first-order valence-electron chi connectivity index (χ1n) is 9.23. The van der Waals surface area contributed by atoms with E-state index in [-0.39, 0.29) is 11.9 Å². The summed E-state index contributed by atoms with van der Waals surface area (Å²) in [5.74, 6) is 0.776. The minimum Gasteiger partial charge on any atom is -0.344 e. The van der Waals surface area contributed by atoms with E-state index in [1.54, 1.807) is 0 Å². The molecule has 1 aromatic carbocycles. The van der Waals surface area contributed by atoms with Gasteiger partial charge in [0.15, 0.2) is 0 Å². The van der Waals surface area contributed by atoms with E-state index >= 15 is 0 Å². The van der Waals surface area contributed by atoms with Gasteiger partial charge in [0.25, 0.3) is 5.91 Å². The molecule has 25 heavy (non-hydrogen) atoms. The molecule has 4 nitrogen and oxygen atoms in total. The lowest BCUT2D eigenvalue weighted by atomic mass is 9.92. The van der Waals surface area contributed by atoms with Gasteiger partial charge in [0.05, 0.1) is 5.56 Å². The molecule has 1 aliphatic rings. The van der Waals surface area contributed by atoms with Crippen molar-refractivity contribution in [3.63, 3.8) is 0 Å². The molecule has 0 spiro atoms. The quantitative estimate of drug-likeness (QED) is 0.929. The third-order valence-electron chi connectivity index (χ3n) is 5.50. The second-order valence-electron chi connectivity index (χ2n) is 7.37. The van der Waals surface area contributed by atoms with Crippen LogP contribution in [0, 0.1) is 19.8 Å². The zero-order valence-electron chi connectivity index (χ0n) is 15.5. The van der Waals surface area contributed by atoms with Gasteiger partial charge >= 0.3 is 0 Å². The molecular formula is C21H29N3O. The Morgan fingerprint density at radius 3 is 2.64 bits per heavy atom. The normalized spacial score (nSPS) is 20.7. The van der Waals surface area contributed by atoms with Crippen LogP contribution in [0.25, 0.3) is 0 Å². The fourth-order valence-electron chi connectivity index (χ4n) is 3.92. The molecule has 4 heteroatoms. The number of amides is 1. The fraction of sp³-hybridized carbons (Fsp3) is 0.476. The van der Waals surface area contributed by atoms with Gasteiger partial charge in [-0.3, -0.25) is 4.79 Å². The Labute approximate surface area is 150 Å². The van der Waals surface area contributed by atoms with Gasteiger partial charge in [0, 0.05) is 37.1 Å². The third kappa shape index (κ3) is 3.64. The molecule has 1 amide bonds. The van der Waals surface area contributed by atoms with Crippen LogP contribution in [0.2, 0.25) is 0 Å². The van der Waals surface area contributed by atoms with Gasteiger partial charge in [0.1, 0.15) is 0 Å². The van der Waals surface area contributed by atoms with E-state index in [1.807, 2.05) is 24.0 Å². The van der Waals surface area contributed by atoms with Gasteiger partial charge in [-0.15, -0.1) is 0 Å². The van der Waals surface area contributed by atoms with Gasteiger partial charge in [0.2, 0.25) is 0 Å². The maximum atomic E-state index is 13.2. The lowest BCUT2D eigenvalue weighted by molar-refractivity contribution is 0.0573. The van der Waals surface area contributed by atoms with Crippen LogP contribution in [0.4, 0.5) is 0 Å². The van der Waals surface area contributed by atoms with Crippen molar-refractivity contribution >= 4 is 5.91 Å². The molecule has 3 rings (SSSR count). The predicted molar refractivity (Wildman–Crippen MR) is 102 cm³/mol. The average molecular weight is 339 g/mol. The molecule has 0 radical (unpaired) electrons. The molecule has 0 aliphatic carbocycles. The Bertz CT molecular complexity index is 735. The first-order valence-corrected chi connectivity index (χ1v) is 9.23. The highest BCUT2D eigenvalue weighted by molar-refractivity contribution is 5.96. The number of carbonyl (C=O) groups is 1. The number of carbonyl (C=O) groups excluding carboxylic acids is 1. The van der Waals surface area contributed by atoms with Crippen molar-refractivity contribution in [3.8, 4) is 0 Å². The van der Waals surface area contributed by atoms with Crippen molar-refractivity contribution < 1.29 is 4.79 Å². The number of benzene rings is 1. The molecule has 2 unspecified atom stereocenters. The van der Waals surface area contributed by atoms with Crippen LogP contribution in [-0.4, -0.2) is 34.5 Å². The third-order valence-corrected chi connectivity index (χ3v) is 5.50. The summed E-state index contributed by atoms with van der Waals surface area (Å²) in [6.45, 7) is 8.51. The smallest absolute Gasteiger partial charge is 0.255 e. The van der Waals surface area contributed by atoms with E-state index in [1.165, 1.54) is 5.56 Å². The lowest BCUT2D eigenvalue weighted by Crippen LogP contribution is -2.49. The van der Waals surface area contributed by atoms with Crippen LogP contribution < -0.4 is 5.73 Å². The number of nitrogens with zero attached hydrogens (tertiary/aromatic N) is 2. The average Bonchev–Trinajstić information content (AvgIpc) is 2.90. The molecule has 1 fully saturated rings. The summed E-state index contributed by atoms with van der Waals surface area (Å²) < 4.78 is 2.23. The molecule has 1 aromatic heterocycles. The van der Waals surface area contributed by atoms with Crippen LogP contribution >= 0.6 is 0 Å². The highest BCUT2D eigenvalue weighted by Crippen LogP contribution is 2.26. The summed E-state index contributed by atoms with van der Waals surface area (Å²) in [5.41, 5.74) is 10.2. The minimum absolute atomic E-state index is 0.134. The molecule has 0 saturated carbocycles. The Morgan fingerprint density at radius 2 is 1.96 bits per heavy atom. The summed E-state index contributed by atoms with van der Waals surface area (Å²) in [4.78, 5) is 15.2. The lowest BCUT2D eigenvalue weighted by Gasteiger charge is -2.38. The second-order valence-corrected chi connectivity index (χ2v) is 7.37. The summed E-state index contributed by atoms with van der Waals surface area (Å²) in [5, 5.41) is 0. The van der Waals surface area contributed by atoms with Crippen molar-refractivity contribution in [1.29, 1.82) is 0 Å². The van der Waals surface area contributed by atoms with E-state index in [0.717, 1.165) is 42.9 Å². The molecular weight excluding hydrogens is 310 g/mol. The van der Waals surface area contributed by atoms with Crippen molar-refractivity contribution in [2.24, 2.45) is 11.7 Å². The van der Waals surface area contributed by atoms with Crippen LogP contribution in [-0.2, 0) is 6.54 Å². The van der Waals surface area contributed by atoms with Crippen molar-refractivity contribution in [1.82, 2.24) is 9.47 Å². The van der Waals surface area contributed by atoms with Crippen LogP contribution in [0.15, 0.2) is 36.4 Å². The Kier molecular flexibility index (Phi) is 5.28. The van der Waals surface area contributed by atoms with E-state index < -0.39 is 0 Å². The zero-order valence-corrected chi connectivity index (χ0v) is 15.5. The summed E-state index contributed by atoms with van der Waals surface area (Å²) in [6, 6.07) is 12.6. The highest BCUT2D eigenvalue weighted by atomic mass is 16.2. The number of aryl methyl sites for hydroxylation is 1. The molecule has 2 heterocycles. The number of nitrogens with two attached hydrogens (primary N) is 1. The molecule has 2 atom stereocenters. The minimum atomic E-state index is 0.134. The fourth-order valence-corrected chi connectivity index (χ4v) is 3.92. The first kappa shape index (κ1) is 17.7. The molecule has 2 N–H and O–H groups in total. The summed E-state index contributed by atoms with van der Waals surface area (Å²) in [6.07, 6.45) is 2.07. The largest absolute Gasteiger partial charge is 0.344 e. The van der Waals surface area contributed by atoms with E-state index in [2.05, 4.69) is 42.7 Å². The number of likely N-dealkylation sites (tertiary alicyclic amines) is 1. The SMILES string of the molecule is Cc1cc(C(=O)N2CCC(C)CC2CN)c(C)n1Cc1ccccc1. The molecule has 1 saturated heterocycles. The van der Waals surface area contributed by atoms with Gasteiger partial charge in [-0.1, -0.05) is 37.3 Å². The van der Waals surface area contributed by atoms with Gasteiger partial charge in [-0.05, 0) is 44.2 Å². The van der Waals surface area contributed by atoms with Gasteiger partial charge in [-0.2, -0.15) is 0 Å². The molecule has 2 aromatic rings. The van der Waals surface area contributed by atoms with Gasteiger partial charge < -0.3 is 15.2 Å². The number of piperidine rings is 1. The van der Waals surface area contributed by atoms with Crippen LogP contribution in [0.3, 0.4) is 0 Å². The number of rotatable bonds is 4. The molecule has 1 aliphatic heterocycles. The van der Waals surface area contributed by atoms with E-state index in [4.69, 9.17) is 5.73 Å². The van der Waals surface area contributed by atoms with Crippen LogP contribution in [0.5, 0.6) is 0 Å². The maximum Gasteiger partial charge on any atom is 0.255 e. The van der Waals surface area contributed by atoms with Crippen molar-refractivity contribution in [2.45, 2.75) is 46.2 Å². The Balaban J connectivity index is 1.85. The number of hydrogen-bond donors (Lipinski definition) is 1. The monoisotopic (exact) mass is 339 g/mol. The topological polar surface area (TPSA) is 51.3 Å². The summed E-state index contributed by atoms with van der Waals surface area (Å²) in [7, 11) is 0. The highest BCUT2D eigenvalue weighted by Gasteiger charge is 2.31. The Hall–Kier alpha value is -2.07. The van der Waals surface area contributed by atoms with Crippen molar-refractivity contribution in [3.05, 3.63) is 58.9 Å². The van der Waals surface area contributed by atoms with Crippen molar-refractivity contribution in [2.75, 3.05) is 13.1 Å². The van der Waals surface area contributed by atoms with Crippen LogP contribution in [0.1, 0.15) is 47.1 Å². The second kappa shape index (κ2) is 7.44. The number of aromatic nitrogens is 1. The van der Waals surface area contributed by atoms with E-state index in [9.17, 15) is 4.79 Å². The van der Waals surface area contributed by atoms with E-state index in [0.29, 0.717) is 12.5 Å². The molecule has 134 valence electrons. The maximum absolute atomic E-state index is 13.2. The predicted octanol–water partition coefficient (Wildman–Crippen LogP) is 3.35. The molecule has 0 bridgehead atoms. The number of hydrogen-bond acceptors (Lipinski definition) is 2. The van der Waals surface area contributed by atoms with Gasteiger partial charge in [-0.25, -0.2) is 0 Å². The zero-order chi connectivity index (χ0) is 18.0. The first-order chi connectivity index (χ1) is 12.0. The standard InChI is InChI=1S/C21H29N3O/c1-15-9-10-23(19(11-15)13-22)21(25)20-12-16(2)24(17(20)3)14-18-7-5-4-6-8-18/h4-8,12,15,19H,9-11,13-14,22H2,1-3H3. The Morgan fingerprint density at radius 1 is 1.24 bits per heavy atom.